The van der Waals surface area contributed by atoms with Crippen LogP contribution in [0, 0.1) is 0 Å². The number of hydrogen-bond acceptors (Lipinski definition) is 6. The Balaban J connectivity index is 0.00000113. The van der Waals surface area contributed by atoms with Gasteiger partial charge in [0.25, 0.3) is 0 Å². The minimum atomic E-state index is -0.547. The van der Waals surface area contributed by atoms with Crippen LogP contribution >= 0.6 is 36.2 Å². The van der Waals surface area contributed by atoms with Gasteiger partial charge in [-0.2, -0.15) is 0 Å². The van der Waals surface area contributed by atoms with Crippen LogP contribution in [-0.4, -0.2) is 61.1 Å². The average molecular weight is 411 g/mol. The van der Waals surface area contributed by atoms with E-state index in [0.717, 1.165) is 51.9 Å². The Morgan fingerprint density at radius 3 is 2.80 bits per heavy atom. The SMILES string of the molecule is Cl.Cl.N[C@H]1CCO[C@H](CN2CCC3(CC2)OCCc2sccc23)[C@H]1O. The molecule has 0 unspecified atom stereocenters. The molecule has 0 aliphatic carbocycles. The fraction of sp³-hybridized carbons (Fsp3) is 0.765. The van der Waals surface area contributed by atoms with Crippen molar-refractivity contribution in [3.63, 3.8) is 0 Å². The van der Waals surface area contributed by atoms with Crippen molar-refractivity contribution in [3.05, 3.63) is 21.9 Å². The first-order chi connectivity index (χ1) is 11.2. The van der Waals surface area contributed by atoms with Crippen molar-refractivity contribution in [1.29, 1.82) is 0 Å². The molecule has 144 valence electrons. The van der Waals surface area contributed by atoms with Gasteiger partial charge in [-0.05, 0) is 36.3 Å². The molecule has 4 rings (SSSR count). The van der Waals surface area contributed by atoms with Crippen molar-refractivity contribution in [3.8, 4) is 0 Å². The Labute approximate surface area is 165 Å². The summed E-state index contributed by atoms with van der Waals surface area (Å²) >= 11 is 1.86. The van der Waals surface area contributed by atoms with E-state index in [1.165, 1.54) is 10.4 Å². The summed E-state index contributed by atoms with van der Waals surface area (Å²) in [5, 5.41) is 12.4. The second kappa shape index (κ2) is 8.85. The molecule has 3 aliphatic rings. The highest BCUT2D eigenvalue weighted by molar-refractivity contribution is 7.10. The standard InChI is InChI=1S/C17H26N2O3S.2ClH/c18-13-1-8-21-14(16(13)20)11-19-6-4-17(5-7-19)12-3-10-23-15(12)2-9-22-17;;/h3,10,13-14,16,20H,1-2,4-9,11,18H2;2*1H/t13-,14+,16-;;/m0../s1. The number of fused-ring (bicyclic) bond motifs is 2. The number of hydrogen-bond donors (Lipinski definition) is 2. The summed E-state index contributed by atoms with van der Waals surface area (Å²) in [5.74, 6) is 0. The molecule has 25 heavy (non-hydrogen) atoms. The predicted octanol–water partition coefficient (Wildman–Crippen LogP) is 1.93. The third-order valence-electron chi connectivity index (χ3n) is 5.65. The highest BCUT2D eigenvalue weighted by Crippen LogP contribution is 2.43. The molecule has 5 nitrogen and oxygen atoms in total. The van der Waals surface area contributed by atoms with Crippen molar-refractivity contribution in [2.75, 3.05) is 32.8 Å². The summed E-state index contributed by atoms with van der Waals surface area (Å²) in [7, 11) is 0. The number of rotatable bonds is 2. The van der Waals surface area contributed by atoms with E-state index >= 15 is 0 Å². The van der Waals surface area contributed by atoms with E-state index < -0.39 is 6.10 Å². The first-order valence-electron chi connectivity index (χ1n) is 8.66. The van der Waals surface area contributed by atoms with Crippen LogP contribution < -0.4 is 5.73 Å². The van der Waals surface area contributed by atoms with E-state index in [1.54, 1.807) is 0 Å². The molecular weight excluding hydrogens is 383 g/mol. The Hall–Kier alpha value is 0.0800. The Kier molecular flexibility index (Phi) is 7.57. The molecule has 4 heterocycles. The highest BCUT2D eigenvalue weighted by atomic mass is 35.5. The van der Waals surface area contributed by atoms with Crippen LogP contribution in [0.5, 0.6) is 0 Å². The van der Waals surface area contributed by atoms with E-state index in [-0.39, 0.29) is 42.6 Å². The highest BCUT2D eigenvalue weighted by Gasteiger charge is 2.42. The predicted molar refractivity (Wildman–Crippen MR) is 104 cm³/mol. The van der Waals surface area contributed by atoms with E-state index in [0.29, 0.717) is 6.61 Å². The number of nitrogens with two attached hydrogens (primary N) is 1. The zero-order valence-electron chi connectivity index (χ0n) is 14.3. The Bertz CT molecular complexity index is 552. The molecule has 1 spiro atoms. The molecule has 8 heteroatoms. The zero-order valence-corrected chi connectivity index (χ0v) is 16.7. The van der Waals surface area contributed by atoms with Crippen LogP contribution in [0.15, 0.2) is 11.4 Å². The van der Waals surface area contributed by atoms with Gasteiger partial charge in [-0.1, -0.05) is 0 Å². The van der Waals surface area contributed by atoms with Crippen LogP contribution in [-0.2, 0) is 21.5 Å². The smallest absolute Gasteiger partial charge is 0.0975 e. The van der Waals surface area contributed by atoms with Crippen molar-refractivity contribution in [1.82, 2.24) is 4.90 Å². The third-order valence-corrected chi connectivity index (χ3v) is 6.63. The molecule has 0 radical (unpaired) electrons. The maximum atomic E-state index is 10.2. The molecule has 2 fully saturated rings. The molecule has 0 saturated carbocycles. The molecule has 3 aliphatic heterocycles. The van der Waals surface area contributed by atoms with Crippen LogP contribution in [0.3, 0.4) is 0 Å². The molecular formula is C17H28Cl2N2O3S. The van der Waals surface area contributed by atoms with Gasteiger partial charge in [-0.25, -0.2) is 0 Å². The maximum Gasteiger partial charge on any atom is 0.0975 e. The number of halogens is 2. The van der Waals surface area contributed by atoms with Crippen LogP contribution in [0.25, 0.3) is 0 Å². The van der Waals surface area contributed by atoms with Gasteiger partial charge >= 0.3 is 0 Å². The summed E-state index contributed by atoms with van der Waals surface area (Å²) < 4.78 is 12.0. The van der Waals surface area contributed by atoms with Gasteiger partial charge in [0.2, 0.25) is 0 Å². The molecule has 2 saturated heterocycles. The van der Waals surface area contributed by atoms with Crippen molar-refractivity contribution in [2.24, 2.45) is 5.73 Å². The summed E-state index contributed by atoms with van der Waals surface area (Å²) in [6, 6.07) is 2.10. The van der Waals surface area contributed by atoms with Crippen molar-refractivity contribution in [2.45, 2.75) is 49.5 Å². The lowest BCUT2D eigenvalue weighted by molar-refractivity contribution is -0.121. The lowest BCUT2D eigenvalue weighted by Crippen LogP contribution is -2.55. The molecule has 1 aromatic heterocycles. The monoisotopic (exact) mass is 410 g/mol. The maximum absolute atomic E-state index is 10.2. The van der Waals surface area contributed by atoms with E-state index in [9.17, 15) is 5.11 Å². The normalized spacial score (nSPS) is 31.7. The summed E-state index contributed by atoms with van der Waals surface area (Å²) in [6.07, 6.45) is 3.14. The van der Waals surface area contributed by atoms with E-state index in [4.69, 9.17) is 15.2 Å². The number of nitrogens with zero attached hydrogens (tertiary/aromatic N) is 1. The number of ether oxygens (including phenoxy) is 2. The first kappa shape index (κ1) is 21.4. The van der Waals surface area contributed by atoms with Crippen molar-refractivity contribution < 1.29 is 14.6 Å². The number of aliphatic hydroxyl groups excluding tert-OH is 1. The lowest BCUT2D eigenvalue weighted by Gasteiger charge is -2.45. The van der Waals surface area contributed by atoms with Crippen molar-refractivity contribution >= 4 is 36.2 Å². The lowest BCUT2D eigenvalue weighted by atomic mass is 9.82. The molecule has 0 bridgehead atoms. The quantitative estimate of drug-likeness (QED) is 0.779. The van der Waals surface area contributed by atoms with Gasteiger partial charge in [0.15, 0.2) is 0 Å². The fourth-order valence-electron chi connectivity index (χ4n) is 4.18. The van der Waals surface area contributed by atoms with Crippen LogP contribution in [0.2, 0.25) is 0 Å². The van der Waals surface area contributed by atoms with Crippen LogP contribution in [0.4, 0.5) is 0 Å². The average Bonchev–Trinajstić information content (AvgIpc) is 3.04. The number of likely N-dealkylation sites (tertiary alicyclic amines) is 1. The molecule has 3 N–H and O–H groups in total. The minimum absolute atomic E-state index is 0. The minimum Gasteiger partial charge on any atom is -0.389 e. The third kappa shape index (κ3) is 4.17. The number of piperidine rings is 1. The van der Waals surface area contributed by atoms with Gasteiger partial charge in [0.1, 0.15) is 0 Å². The van der Waals surface area contributed by atoms with Gasteiger partial charge in [0.05, 0.1) is 24.4 Å². The Morgan fingerprint density at radius 1 is 1.28 bits per heavy atom. The first-order valence-corrected chi connectivity index (χ1v) is 9.54. The summed E-state index contributed by atoms with van der Waals surface area (Å²) in [4.78, 5) is 3.89. The summed E-state index contributed by atoms with van der Waals surface area (Å²) in [6.45, 7) is 4.23. The topological polar surface area (TPSA) is 68.0 Å². The van der Waals surface area contributed by atoms with Gasteiger partial charge in [0, 0.05) is 43.6 Å². The second-order valence-electron chi connectivity index (χ2n) is 7.00. The second-order valence-corrected chi connectivity index (χ2v) is 8.00. The Morgan fingerprint density at radius 2 is 2.04 bits per heavy atom. The molecule has 0 amide bonds. The molecule has 1 aromatic rings. The molecule has 0 aromatic carbocycles. The fourth-order valence-corrected chi connectivity index (χ4v) is 5.13. The van der Waals surface area contributed by atoms with Gasteiger partial charge in [-0.15, -0.1) is 36.2 Å². The number of thiophene rings is 1. The van der Waals surface area contributed by atoms with Crippen LogP contribution in [0.1, 0.15) is 29.7 Å². The van der Waals surface area contributed by atoms with Gasteiger partial charge < -0.3 is 25.2 Å². The molecule has 3 atom stereocenters. The zero-order chi connectivity index (χ0) is 15.9. The largest absolute Gasteiger partial charge is 0.389 e. The van der Waals surface area contributed by atoms with Gasteiger partial charge in [-0.3, -0.25) is 0 Å². The van der Waals surface area contributed by atoms with E-state index in [2.05, 4.69) is 16.3 Å². The summed E-state index contributed by atoms with van der Waals surface area (Å²) in [5.41, 5.74) is 7.30. The number of aliphatic hydroxyl groups is 1. The van der Waals surface area contributed by atoms with E-state index in [1.807, 2.05) is 11.3 Å².